The lowest BCUT2D eigenvalue weighted by atomic mass is 10.1. The predicted molar refractivity (Wildman–Crippen MR) is 92.6 cm³/mol. The highest BCUT2D eigenvalue weighted by Gasteiger charge is 2.33. The Balaban J connectivity index is 1.82. The summed E-state index contributed by atoms with van der Waals surface area (Å²) < 4.78 is 5.38. The summed E-state index contributed by atoms with van der Waals surface area (Å²) in [6.07, 6.45) is 1.82. The summed E-state index contributed by atoms with van der Waals surface area (Å²) in [5.41, 5.74) is 3.24. The molecule has 0 aliphatic carbocycles. The Bertz CT molecular complexity index is 666. The molecule has 3 rings (SSSR count). The highest BCUT2D eigenvalue weighted by atomic mass is 32.2. The Labute approximate surface area is 140 Å². The molecule has 1 aromatic rings. The molecule has 0 atom stereocenters. The van der Waals surface area contributed by atoms with E-state index in [4.69, 9.17) is 4.74 Å². The third-order valence-electron chi connectivity index (χ3n) is 4.11. The summed E-state index contributed by atoms with van der Waals surface area (Å²) in [5.74, 6) is -0.195. The molecule has 122 valence electrons. The number of hydrogen-bond donors (Lipinski definition) is 0. The maximum Gasteiger partial charge on any atom is 0.293 e. The fraction of sp³-hybridized carbons (Fsp3) is 0.412. The minimum absolute atomic E-state index is 0.189. The number of thioether (sulfide) groups is 1. The summed E-state index contributed by atoms with van der Waals surface area (Å²) >= 11 is 1.01. The number of amides is 2. The van der Waals surface area contributed by atoms with Crippen LogP contribution < -0.4 is 4.90 Å². The number of carbonyl (C=O) groups excluding carboxylic acids is 2. The first-order valence-corrected chi connectivity index (χ1v) is 8.60. The van der Waals surface area contributed by atoms with E-state index in [0.717, 1.165) is 49.2 Å². The Morgan fingerprint density at radius 3 is 2.61 bits per heavy atom. The van der Waals surface area contributed by atoms with Crippen LogP contribution in [0.25, 0.3) is 6.08 Å². The van der Waals surface area contributed by atoms with Gasteiger partial charge in [-0.3, -0.25) is 14.5 Å². The van der Waals surface area contributed by atoms with Gasteiger partial charge in [-0.05, 0) is 54.9 Å². The number of likely N-dealkylation sites (N-methyl/N-ethyl adjacent to an activating group) is 1. The molecule has 0 N–H and O–H groups in total. The largest absolute Gasteiger partial charge is 0.378 e. The van der Waals surface area contributed by atoms with Crippen LogP contribution in [0.15, 0.2) is 23.1 Å². The molecule has 0 bridgehead atoms. The van der Waals surface area contributed by atoms with Crippen LogP contribution in [0.2, 0.25) is 0 Å². The fourth-order valence-corrected chi connectivity index (χ4v) is 3.65. The summed E-state index contributed by atoms with van der Waals surface area (Å²) in [6.45, 7) is 7.55. The number of carbonyl (C=O) groups is 2. The maximum absolute atomic E-state index is 12.2. The molecule has 2 aliphatic heterocycles. The molecule has 5 nitrogen and oxygen atoms in total. The number of aryl methyl sites for hydroxylation is 1. The van der Waals surface area contributed by atoms with Crippen molar-refractivity contribution in [2.45, 2.75) is 13.8 Å². The van der Waals surface area contributed by atoms with Crippen molar-refractivity contribution in [3.05, 3.63) is 34.2 Å². The van der Waals surface area contributed by atoms with Crippen molar-refractivity contribution in [2.24, 2.45) is 0 Å². The van der Waals surface area contributed by atoms with Gasteiger partial charge in [-0.1, -0.05) is 6.07 Å². The highest BCUT2D eigenvalue weighted by Crippen LogP contribution is 2.33. The lowest BCUT2D eigenvalue weighted by molar-refractivity contribution is -0.122. The molecule has 0 aromatic heterocycles. The van der Waals surface area contributed by atoms with Crippen molar-refractivity contribution in [2.75, 3.05) is 37.7 Å². The lowest BCUT2D eigenvalue weighted by Gasteiger charge is -2.29. The van der Waals surface area contributed by atoms with E-state index in [0.29, 0.717) is 11.4 Å². The average Bonchev–Trinajstić information content (AvgIpc) is 2.83. The van der Waals surface area contributed by atoms with E-state index in [9.17, 15) is 9.59 Å². The number of benzene rings is 1. The quantitative estimate of drug-likeness (QED) is 0.797. The SMILES string of the molecule is CCN1C(=O)S/C(=C/c2ccc(N3CCOCC3)cc2C)C1=O. The Morgan fingerprint density at radius 1 is 1.26 bits per heavy atom. The van der Waals surface area contributed by atoms with Gasteiger partial charge in [0.1, 0.15) is 0 Å². The molecule has 0 saturated carbocycles. The summed E-state index contributed by atoms with van der Waals surface area (Å²) in [7, 11) is 0. The minimum Gasteiger partial charge on any atom is -0.378 e. The van der Waals surface area contributed by atoms with Gasteiger partial charge in [0.05, 0.1) is 18.1 Å². The topological polar surface area (TPSA) is 49.9 Å². The Kier molecular flexibility index (Phi) is 4.73. The molecule has 0 unspecified atom stereocenters. The van der Waals surface area contributed by atoms with Gasteiger partial charge in [-0.25, -0.2) is 0 Å². The van der Waals surface area contributed by atoms with Crippen LogP contribution in [-0.2, 0) is 9.53 Å². The van der Waals surface area contributed by atoms with Gasteiger partial charge < -0.3 is 9.64 Å². The summed E-state index contributed by atoms with van der Waals surface area (Å²) in [5, 5.41) is -0.189. The van der Waals surface area contributed by atoms with Gasteiger partial charge in [-0.2, -0.15) is 0 Å². The van der Waals surface area contributed by atoms with E-state index in [2.05, 4.69) is 17.0 Å². The van der Waals surface area contributed by atoms with Gasteiger partial charge in [0, 0.05) is 25.3 Å². The first-order valence-electron chi connectivity index (χ1n) is 7.79. The maximum atomic E-state index is 12.2. The molecule has 0 radical (unpaired) electrons. The van der Waals surface area contributed by atoms with E-state index in [1.54, 1.807) is 0 Å². The van der Waals surface area contributed by atoms with E-state index in [-0.39, 0.29) is 11.1 Å². The molecule has 2 amide bonds. The van der Waals surface area contributed by atoms with Crippen molar-refractivity contribution >= 4 is 34.7 Å². The number of imide groups is 1. The zero-order valence-corrected chi connectivity index (χ0v) is 14.2. The zero-order valence-electron chi connectivity index (χ0n) is 13.4. The molecule has 23 heavy (non-hydrogen) atoms. The van der Waals surface area contributed by atoms with Gasteiger partial charge in [0.2, 0.25) is 0 Å². The monoisotopic (exact) mass is 332 g/mol. The standard InChI is InChI=1S/C17H20N2O3S/c1-3-19-16(20)15(23-17(19)21)11-13-4-5-14(10-12(13)2)18-6-8-22-9-7-18/h4-5,10-11H,3,6-9H2,1-2H3/b15-11+. The summed E-state index contributed by atoms with van der Waals surface area (Å²) in [6, 6.07) is 6.20. The van der Waals surface area contributed by atoms with Crippen LogP contribution in [0, 0.1) is 6.92 Å². The van der Waals surface area contributed by atoms with Crippen molar-refractivity contribution < 1.29 is 14.3 Å². The van der Waals surface area contributed by atoms with Crippen molar-refractivity contribution in [3.8, 4) is 0 Å². The van der Waals surface area contributed by atoms with Crippen LogP contribution in [0.1, 0.15) is 18.1 Å². The summed E-state index contributed by atoms with van der Waals surface area (Å²) in [4.78, 5) is 28.0. The number of rotatable bonds is 3. The van der Waals surface area contributed by atoms with Gasteiger partial charge in [0.15, 0.2) is 0 Å². The lowest BCUT2D eigenvalue weighted by Crippen LogP contribution is -2.36. The van der Waals surface area contributed by atoms with Crippen LogP contribution in [-0.4, -0.2) is 48.9 Å². The van der Waals surface area contributed by atoms with Crippen molar-refractivity contribution in [1.82, 2.24) is 4.90 Å². The Hall–Kier alpha value is -1.79. The average molecular weight is 332 g/mol. The molecular formula is C17H20N2O3S. The van der Waals surface area contributed by atoms with Crippen molar-refractivity contribution in [1.29, 1.82) is 0 Å². The molecule has 2 heterocycles. The van der Waals surface area contributed by atoms with Crippen LogP contribution in [0.5, 0.6) is 0 Å². The number of ether oxygens (including phenoxy) is 1. The number of morpholine rings is 1. The van der Waals surface area contributed by atoms with Crippen LogP contribution in [0.4, 0.5) is 10.5 Å². The number of anilines is 1. The van der Waals surface area contributed by atoms with E-state index in [1.165, 1.54) is 10.6 Å². The third kappa shape index (κ3) is 3.28. The second kappa shape index (κ2) is 6.76. The second-order valence-electron chi connectivity index (χ2n) is 5.57. The first kappa shape index (κ1) is 16.1. The number of nitrogens with zero attached hydrogens (tertiary/aromatic N) is 2. The first-order chi connectivity index (χ1) is 11.1. The highest BCUT2D eigenvalue weighted by molar-refractivity contribution is 8.18. The minimum atomic E-state index is -0.195. The third-order valence-corrected chi connectivity index (χ3v) is 5.01. The molecule has 2 fully saturated rings. The van der Waals surface area contributed by atoms with E-state index >= 15 is 0 Å². The van der Waals surface area contributed by atoms with E-state index in [1.807, 2.05) is 26.0 Å². The number of hydrogen-bond acceptors (Lipinski definition) is 5. The molecule has 2 saturated heterocycles. The predicted octanol–water partition coefficient (Wildman–Crippen LogP) is 2.89. The molecule has 1 aromatic carbocycles. The Morgan fingerprint density at radius 2 is 2.00 bits per heavy atom. The molecular weight excluding hydrogens is 312 g/mol. The van der Waals surface area contributed by atoms with Crippen LogP contribution >= 0.6 is 11.8 Å². The van der Waals surface area contributed by atoms with Gasteiger partial charge in [-0.15, -0.1) is 0 Å². The smallest absolute Gasteiger partial charge is 0.293 e. The molecule has 0 spiro atoms. The zero-order chi connectivity index (χ0) is 16.4. The second-order valence-corrected chi connectivity index (χ2v) is 6.56. The fourth-order valence-electron chi connectivity index (χ4n) is 2.75. The van der Waals surface area contributed by atoms with E-state index < -0.39 is 0 Å². The molecule has 6 heteroatoms. The van der Waals surface area contributed by atoms with Crippen LogP contribution in [0.3, 0.4) is 0 Å². The normalized spacial score (nSPS) is 20.7. The van der Waals surface area contributed by atoms with Gasteiger partial charge in [0.25, 0.3) is 11.1 Å². The van der Waals surface area contributed by atoms with Crippen molar-refractivity contribution in [3.63, 3.8) is 0 Å². The molecule has 2 aliphatic rings. The van der Waals surface area contributed by atoms with Gasteiger partial charge >= 0.3 is 0 Å².